The van der Waals surface area contributed by atoms with Gasteiger partial charge in [-0.1, -0.05) is 48.5 Å². The number of piperidine rings is 1. The predicted molar refractivity (Wildman–Crippen MR) is 138 cm³/mol. The molecule has 2 unspecified atom stereocenters. The van der Waals surface area contributed by atoms with Gasteiger partial charge in [-0.25, -0.2) is 9.59 Å². The molecule has 4 rings (SSSR count). The number of hydrogen-bond acceptors (Lipinski definition) is 6. The Balaban J connectivity index is 1.41. The highest BCUT2D eigenvalue weighted by Crippen LogP contribution is 2.44. The molecule has 1 aliphatic heterocycles. The number of benzene rings is 2. The highest BCUT2D eigenvalue weighted by molar-refractivity contribution is 5.79. The highest BCUT2D eigenvalue weighted by atomic mass is 16.6. The van der Waals surface area contributed by atoms with Gasteiger partial charge in [0, 0.05) is 26.1 Å². The number of nitrogens with zero attached hydrogens (tertiary/aromatic N) is 1. The molecule has 198 valence electrons. The molecule has 1 aliphatic carbocycles. The van der Waals surface area contributed by atoms with Crippen LogP contribution in [0, 0.1) is 0 Å². The molecule has 1 heterocycles. The number of methoxy groups -OCH3 is 1. The van der Waals surface area contributed by atoms with Crippen molar-refractivity contribution in [2.75, 3.05) is 33.4 Å². The number of carbonyl (C=O) groups excluding carboxylic acids is 3. The Hall–Kier alpha value is -3.59. The lowest BCUT2D eigenvalue weighted by molar-refractivity contribution is -0.136. The van der Waals surface area contributed by atoms with Crippen LogP contribution in [0.3, 0.4) is 0 Å². The Morgan fingerprint density at radius 3 is 2.11 bits per heavy atom. The van der Waals surface area contributed by atoms with E-state index in [1.165, 1.54) is 7.11 Å². The molecule has 9 nitrogen and oxygen atoms in total. The maximum atomic E-state index is 12.9. The monoisotopic (exact) mass is 509 g/mol. The number of carbonyl (C=O) groups is 3. The first-order chi connectivity index (χ1) is 17.7. The van der Waals surface area contributed by atoms with E-state index >= 15 is 0 Å². The van der Waals surface area contributed by atoms with E-state index in [1.807, 2.05) is 24.3 Å². The zero-order chi connectivity index (χ0) is 26.6. The van der Waals surface area contributed by atoms with Crippen molar-refractivity contribution in [2.24, 2.45) is 0 Å². The Kier molecular flexibility index (Phi) is 8.02. The summed E-state index contributed by atoms with van der Waals surface area (Å²) in [5.41, 5.74) is 3.89. The van der Waals surface area contributed by atoms with E-state index in [4.69, 9.17) is 14.2 Å². The van der Waals surface area contributed by atoms with Crippen molar-refractivity contribution in [3.8, 4) is 11.1 Å². The zero-order valence-electron chi connectivity index (χ0n) is 21.8. The van der Waals surface area contributed by atoms with E-state index in [1.54, 1.807) is 25.7 Å². The Bertz CT molecular complexity index is 1100. The number of nitrogens with one attached hydrogen (secondary N) is 2. The quantitative estimate of drug-likeness (QED) is 0.616. The van der Waals surface area contributed by atoms with Crippen molar-refractivity contribution in [3.05, 3.63) is 59.7 Å². The molecule has 9 heteroatoms. The average Bonchev–Trinajstić information content (AvgIpc) is 3.16. The lowest BCUT2D eigenvalue weighted by Gasteiger charge is -2.39. The molecule has 2 atom stereocenters. The summed E-state index contributed by atoms with van der Waals surface area (Å²) in [5.74, 6) is -0.236. The van der Waals surface area contributed by atoms with Crippen LogP contribution < -0.4 is 10.6 Å². The molecule has 0 saturated carbocycles. The van der Waals surface area contributed by atoms with E-state index in [2.05, 4.69) is 34.9 Å². The summed E-state index contributed by atoms with van der Waals surface area (Å²) in [6.45, 7) is 6.09. The fourth-order valence-electron chi connectivity index (χ4n) is 4.96. The normalized spacial score (nSPS) is 19.0. The van der Waals surface area contributed by atoms with Crippen LogP contribution >= 0.6 is 0 Å². The number of rotatable bonds is 6. The van der Waals surface area contributed by atoms with Gasteiger partial charge >= 0.3 is 12.2 Å². The maximum Gasteiger partial charge on any atom is 0.408 e. The molecule has 1 saturated heterocycles. The van der Waals surface area contributed by atoms with Crippen LogP contribution in [0.15, 0.2) is 48.5 Å². The second-order valence-corrected chi connectivity index (χ2v) is 10.4. The largest absolute Gasteiger partial charge is 0.449 e. The number of ether oxygens (including phenoxy) is 3. The van der Waals surface area contributed by atoms with Gasteiger partial charge in [0.15, 0.2) is 0 Å². The Labute approximate surface area is 217 Å². The van der Waals surface area contributed by atoms with Crippen molar-refractivity contribution in [1.82, 2.24) is 15.5 Å². The molecule has 2 N–H and O–H groups in total. The van der Waals surface area contributed by atoms with E-state index in [-0.39, 0.29) is 31.6 Å². The van der Waals surface area contributed by atoms with Crippen molar-refractivity contribution in [1.29, 1.82) is 0 Å². The van der Waals surface area contributed by atoms with E-state index in [0.717, 1.165) is 22.3 Å². The van der Waals surface area contributed by atoms with E-state index in [9.17, 15) is 14.4 Å². The lowest BCUT2D eigenvalue weighted by atomic mass is 9.98. The van der Waals surface area contributed by atoms with Crippen molar-refractivity contribution in [3.63, 3.8) is 0 Å². The van der Waals surface area contributed by atoms with Gasteiger partial charge in [0.2, 0.25) is 5.91 Å². The number of hydrogen-bond donors (Lipinski definition) is 2. The number of likely N-dealkylation sites (tertiary alicyclic amines) is 1. The molecule has 37 heavy (non-hydrogen) atoms. The van der Waals surface area contributed by atoms with Gasteiger partial charge in [-0.05, 0) is 49.4 Å². The second kappa shape index (κ2) is 11.2. The lowest BCUT2D eigenvalue weighted by Crippen LogP contribution is -2.62. The van der Waals surface area contributed by atoms with Crippen LogP contribution in [-0.2, 0) is 19.0 Å². The Morgan fingerprint density at radius 1 is 0.919 bits per heavy atom. The van der Waals surface area contributed by atoms with Gasteiger partial charge in [0.1, 0.15) is 18.8 Å². The summed E-state index contributed by atoms with van der Waals surface area (Å²) in [6.07, 6.45) is -0.738. The summed E-state index contributed by atoms with van der Waals surface area (Å²) < 4.78 is 16.1. The van der Waals surface area contributed by atoms with Crippen molar-refractivity contribution < 1.29 is 28.6 Å². The topological polar surface area (TPSA) is 106 Å². The summed E-state index contributed by atoms with van der Waals surface area (Å²) in [7, 11) is 1.46. The first-order valence-corrected chi connectivity index (χ1v) is 12.5. The molecule has 0 bridgehead atoms. The van der Waals surface area contributed by atoms with Gasteiger partial charge in [-0.3, -0.25) is 4.79 Å². The smallest absolute Gasteiger partial charge is 0.408 e. The first-order valence-electron chi connectivity index (χ1n) is 12.5. The molecule has 0 aromatic heterocycles. The molecule has 2 aliphatic rings. The van der Waals surface area contributed by atoms with Crippen LogP contribution in [0.4, 0.5) is 9.59 Å². The number of amides is 3. The minimum Gasteiger partial charge on any atom is -0.449 e. The summed E-state index contributed by atoms with van der Waals surface area (Å²) in [5, 5.41) is 5.71. The average molecular weight is 510 g/mol. The maximum absolute atomic E-state index is 12.9. The second-order valence-electron chi connectivity index (χ2n) is 10.4. The molecule has 2 aromatic carbocycles. The predicted octanol–water partition coefficient (Wildman–Crippen LogP) is 3.67. The standard InChI is InChI=1S/C28H35N3O6/c1-28(2,3)37-27(34)30-24-15-31(25(32)17-35-4)14-13-23(24)29-26(33)36-16-22-20-11-7-5-9-18(20)19-10-6-8-12-21(19)22/h5-12,22-24H,13-17H2,1-4H3,(H,29,33)(H,30,34). The third kappa shape index (κ3) is 6.40. The van der Waals surface area contributed by atoms with Gasteiger partial charge in [0.25, 0.3) is 0 Å². The van der Waals surface area contributed by atoms with E-state index in [0.29, 0.717) is 13.0 Å². The number of fused-ring (bicyclic) bond motifs is 3. The first kappa shape index (κ1) is 26.5. The van der Waals surface area contributed by atoms with Crippen molar-refractivity contribution >= 4 is 18.1 Å². The fraction of sp³-hybridized carbons (Fsp3) is 0.464. The molecule has 0 radical (unpaired) electrons. The fourth-order valence-corrected chi connectivity index (χ4v) is 4.96. The van der Waals surface area contributed by atoms with Crippen LogP contribution in [0.25, 0.3) is 11.1 Å². The van der Waals surface area contributed by atoms with Crippen LogP contribution in [0.5, 0.6) is 0 Å². The summed E-state index contributed by atoms with van der Waals surface area (Å²) >= 11 is 0. The van der Waals surface area contributed by atoms with Gasteiger partial charge < -0.3 is 29.7 Å². The molecule has 2 aromatic rings. The summed E-state index contributed by atoms with van der Waals surface area (Å²) in [4.78, 5) is 39.4. The Morgan fingerprint density at radius 2 is 1.51 bits per heavy atom. The third-order valence-corrected chi connectivity index (χ3v) is 6.58. The molecule has 3 amide bonds. The number of alkyl carbamates (subject to hydrolysis) is 2. The zero-order valence-corrected chi connectivity index (χ0v) is 21.8. The van der Waals surface area contributed by atoms with Gasteiger partial charge in [0.05, 0.1) is 12.1 Å². The third-order valence-electron chi connectivity index (χ3n) is 6.58. The SMILES string of the molecule is COCC(=O)N1CCC(NC(=O)OCC2c3ccccc3-c3ccccc32)C(NC(=O)OC(C)(C)C)C1. The molecular weight excluding hydrogens is 474 g/mol. The molecule has 1 fully saturated rings. The minimum atomic E-state index is -0.681. The molecule has 0 spiro atoms. The van der Waals surface area contributed by atoms with Crippen LogP contribution in [0.1, 0.15) is 44.2 Å². The minimum absolute atomic E-state index is 0.0520. The van der Waals surface area contributed by atoms with E-state index < -0.39 is 29.9 Å². The van der Waals surface area contributed by atoms with Crippen LogP contribution in [-0.4, -0.2) is 74.1 Å². The van der Waals surface area contributed by atoms with Gasteiger partial charge in [-0.15, -0.1) is 0 Å². The highest BCUT2D eigenvalue weighted by Gasteiger charge is 2.35. The van der Waals surface area contributed by atoms with Crippen LogP contribution in [0.2, 0.25) is 0 Å². The van der Waals surface area contributed by atoms with Crippen molar-refractivity contribution in [2.45, 2.75) is 50.8 Å². The van der Waals surface area contributed by atoms with Gasteiger partial charge in [-0.2, -0.15) is 0 Å². The molecular formula is C28H35N3O6. The summed E-state index contributed by atoms with van der Waals surface area (Å²) in [6, 6.07) is 15.3.